The lowest BCUT2D eigenvalue weighted by molar-refractivity contribution is 1.17. The molecule has 0 unspecified atom stereocenters. The normalized spacial score (nSPS) is 10.9. The highest BCUT2D eigenvalue weighted by atomic mass is 79.9. The van der Waals surface area contributed by atoms with Gasteiger partial charge in [-0.15, -0.1) is 0 Å². The maximum Gasteiger partial charge on any atom is 0.137 e. The highest BCUT2D eigenvalue weighted by Gasteiger charge is 2.04. The molecule has 0 spiro atoms. The van der Waals surface area contributed by atoms with Gasteiger partial charge in [-0.05, 0) is 41.1 Å². The lowest BCUT2D eigenvalue weighted by atomic mass is 10.1. The average molecular weight is 287 g/mol. The Kier molecular flexibility index (Phi) is 2.48. The summed E-state index contributed by atoms with van der Waals surface area (Å²) >= 11 is 3.46. The average Bonchev–Trinajstić information content (AvgIpc) is 2.72. The van der Waals surface area contributed by atoms with Crippen molar-refractivity contribution in [3.8, 4) is 11.3 Å². The van der Waals surface area contributed by atoms with E-state index in [-0.39, 0.29) is 0 Å². The van der Waals surface area contributed by atoms with Crippen molar-refractivity contribution >= 4 is 21.6 Å². The number of nitrogens with zero attached hydrogens (tertiary/aromatic N) is 2. The topological polar surface area (TPSA) is 17.3 Å². The summed E-state index contributed by atoms with van der Waals surface area (Å²) in [5.41, 5.74) is 4.38. The van der Waals surface area contributed by atoms with E-state index < -0.39 is 0 Å². The molecule has 84 valence electrons. The third-order valence-electron chi connectivity index (χ3n) is 2.73. The van der Waals surface area contributed by atoms with Crippen LogP contribution in [0.4, 0.5) is 0 Å². The van der Waals surface area contributed by atoms with Gasteiger partial charge in [-0.2, -0.15) is 0 Å². The van der Waals surface area contributed by atoms with E-state index in [0.29, 0.717) is 0 Å². The van der Waals surface area contributed by atoms with Crippen molar-refractivity contribution in [3.05, 3.63) is 58.8 Å². The smallest absolute Gasteiger partial charge is 0.137 e. The van der Waals surface area contributed by atoms with Crippen molar-refractivity contribution in [1.29, 1.82) is 0 Å². The minimum Gasteiger partial charge on any atom is -0.305 e. The van der Waals surface area contributed by atoms with Crippen molar-refractivity contribution < 1.29 is 0 Å². The van der Waals surface area contributed by atoms with Crippen molar-refractivity contribution in [1.82, 2.24) is 9.38 Å². The van der Waals surface area contributed by atoms with Crippen LogP contribution in [0.25, 0.3) is 16.9 Å². The van der Waals surface area contributed by atoms with Gasteiger partial charge in [0.25, 0.3) is 0 Å². The predicted octanol–water partition coefficient (Wildman–Crippen LogP) is 4.07. The first-order valence-corrected chi connectivity index (χ1v) is 6.23. The third kappa shape index (κ3) is 1.98. The SMILES string of the molecule is Cc1cccc(-c2cn3cc(Br)ccc3n2)c1. The Morgan fingerprint density at radius 2 is 2.00 bits per heavy atom. The van der Waals surface area contributed by atoms with Gasteiger partial charge in [0.2, 0.25) is 0 Å². The molecule has 0 fully saturated rings. The summed E-state index contributed by atoms with van der Waals surface area (Å²) < 4.78 is 3.08. The molecule has 0 bridgehead atoms. The summed E-state index contributed by atoms with van der Waals surface area (Å²) in [6.45, 7) is 2.09. The van der Waals surface area contributed by atoms with Crippen LogP contribution in [0.1, 0.15) is 5.56 Å². The number of aromatic nitrogens is 2. The fraction of sp³-hybridized carbons (Fsp3) is 0.0714. The predicted molar refractivity (Wildman–Crippen MR) is 73.1 cm³/mol. The van der Waals surface area contributed by atoms with E-state index in [0.717, 1.165) is 21.4 Å². The second-order valence-corrected chi connectivity index (χ2v) is 5.02. The zero-order chi connectivity index (χ0) is 11.8. The molecule has 0 aliphatic heterocycles. The van der Waals surface area contributed by atoms with Gasteiger partial charge in [-0.1, -0.05) is 23.8 Å². The Morgan fingerprint density at radius 1 is 1.12 bits per heavy atom. The van der Waals surface area contributed by atoms with Crippen LogP contribution in [-0.4, -0.2) is 9.38 Å². The first-order chi connectivity index (χ1) is 8.22. The maximum atomic E-state index is 4.61. The fourth-order valence-electron chi connectivity index (χ4n) is 1.91. The van der Waals surface area contributed by atoms with Gasteiger partial charge in [-0.25, -0.2) is 4.98 Å². The Balaban J connectivity index is 2.18. The quantitative estimate of drug-likeness (QED) is 0.659. The molecular formula is C14H11BrN2. The molecule has 2 aromatic heterocycles. The summed E-state index contributed by atoms with van der Waals surface area (Å²) in [6.07, 6.45) is 4.07. The van der Waals surface area contributed by atoms with Gasteiger partial charge in [0, 0.05) is 22.4 Å². The second-order valence-electron chi connectivity index (χ2n) is 4.11. The van der Waals surface area contributed by atoms with Gasteiger partial charge in [-0.3, -0.25) is 0 Å². The van der Waals surface area contributed by atoms with Crippen LogP contribution in [0.5, 0.6) is 0 Å². The number of rotatable bonds is 1. The molecule has 1 aromatic carbocycles. The first kappa shape index (κ1) is 10.5. The fourth-order valence-corrected chi connectivity index (χ4v) is 2.26. The molecule has 0 radical (unpaired) electrons. The summed E-state index contributed by atoms with van der Waals surface area (Å²) in [6, 6.07) is 12.4. The van der Waals surface area contributed by atoms with E-state index in [4.69, 9.17) is 0 Å². The maximum absolute atomic E-state index is 4.61. The van der Waals surface area contributed by atoms with Gasteiger partial charge in [0.15, 0.2) is 0 Å². The van der Waals surface area contributed by atoms with Crippen LogP contribution >= 0.6 is 15.9 Å². The molecule has 3 rings (SSSR count). The molecule has 0 aliphatic rings. The number of imidazole rings is 1. The van der Waals surface area contributed by atoms with Crippen LogP contribution < -0.4 is 0 Å². The minimum absolute atomic E-state index is 0.963. The van der Waals surface area contributed by atoms with E-state index >= 15 is 0 Å². The van der Waals surface area contributed by atoms with Crippen molar-refractivity contribution in [2.75, 3.05) is 0 Å². The van der Waals surface area contributed by atoms with E-state index in [1.165, 1.54) is 5.56 Å². The molecule has 0 saturated heterocycles. The van der Waals surface area contributed by atoms with E-state index in [1.54, 1.807) is 0 Å². The molecule has 0 saturated carbocycles. The molecule has 2 nitrogen and oxygen atoms in total. The summed E-state index contributed by atoms with van der Waals surface area (Å²) in [4.78, 5) is 4.61. The van der Waals surface area contributed by atoms with E-state index in [9.17, 15) is 0 Å². The van der Waals surface area contributed by atoms with Crippen LogP contribution in [-0.2, 0) is 0 Å². The number of hydrogen-bond donors (Lipinski definition) is 0. The highest BCUT2D eigenvalue weighted by molar-refractivity contribution is 9.10. The number of benzene rings is 1. The molecule has 3 heteroatoms. The lowest BCUT2D eigenvalue weighted by Gasteiger charge is -1.96. The standard InChI is InChI=1S/C14H11BrN2/c1-10-3-2-4-11(7-10)13-9-17-8-12(15)5-6-14(17)16-13/h2-9H,1H3. The molecule has 0 aliphatic carbocycles. The van der Waals surface area contributed by atoms with Crippen LogP contribution in [0.2, 0.25) is 0 Å². The van der Waals surface area contributed by atoms with Gasteiger partial charge < -0.3 is 4.40 Å². The first-order valence-electron chi connectivity index (χ1n) is 5.44. The van der Waals surface area contributed by atoms with Crippen LogP contribution in [0.15, 0.2) is 53.3 Å². The Hall–Kier alpha value is -1.61. The molecule has 3 aromatic rings. The largest absolute Gasteiger partial charge is 0.305 e. The number of pyridine rings is 1. The van der Waals surface area contributed by atoms with Crippen molar-refractivity contribution in [3.63, 3.8) is 0 Å². The zero-order valence-corrected chi connectivity index (χ0v) is 11.0. The van der Waals surface area contributed by atoms with Crippen molar-refractivity contribution in [2.45, 2.75) is 6.92 Å². The monoisotopic (exact) mass is 286 g/mol. The molecule has 2 heterocycles. The van der Waals surface area contributed by atoms with Gasteiger partial charge in [0.05, 0.1) is 5.69 Å². The molecule has 17 heavy (non-hydrogen) atoms. The summed E-state index contributed by atoms with van der Waals surface area (Å²) in [5, 5.41) is 0. The van der Waals surface area contributed by atoms with Gasteiger partial charge >= 0.3 is 0 Å². The molecule has 0 amide bonds. The van der Waals surface area contributed by atoms with Crippen molar-refractivity contribution in [2.24, 2.45) is 0 Å². The number of aryl methyl sites for hydroxylation is 1. The highest BCUT2D eigenvalue weighted by Crippen LogP contribution is 2.21. The van der Waals surface area contributed by atoms with Gasteiger partial charge in [0.1, 0.15) is 5.65 Å². The Morgan fingerprint density at radius 3 is 2.82 bits per heavy atom. The number of fused-ring (bicyclic) bond motifs is 1. The zero-order valence-electron chi connectivity index (χ0n) is 9.39. The second kappa shape index (κ2) is 4.00. The van der Waals surface area contributed by atoms with Crippen LogP contribution in [0, 0.1) is 6.92 Å². The molecule has 0 N–H and O–H groups in total. The van der Waals surface area contributed by atoms with E-state index in [2.05, 4.69) is 58.3 Å². The number of hydrogen-bond acceptors (Lipinski definition) is 1. The lowest BCUT2D eigenvalue weighted by Crippen LogP contribution is -1.80. The number of halogens is 1. The van der Waals surface area contributed by atoms with E-state index in [1.807, 2.05) is 22.7 Å². The summed E-state index contributed by atoms with van der Waals surface area (Å²) in [7, 11) is 0. The third-order valence-corrected chi connectivity index (χ3v) is 3.20. The molecule has 0 atom stereocenters. The Labute approximate surface area is 108 Å². The summed E-state index contributed by atoms with van der Waals surface area (Å²) in [5.74, 6) is 0. The minimum atomic E-state index is 0.963. The van der Waals surface area contributed by atoms with Crippen LogP contribution in [0.3, 0.4) is 0 Å². The molecular weight excluding hydrogens is 276 g/mol. The Bertz CT molecular complexity index is 686.